The van der Waals surface area contributed by atoms with E-state index in [0.29, 0.717) is 43.6 Å². The van der Waals surface area contributed by atoms with Gasteiger partial charge in [-0.2, -0.15) is 0 Å². The van der Waals surface area contributed by atoms with Gasteiger partial charge in [0.05, 0.1) is 50.8 Å². The molecule has 2 aromatic carbocycles. The van der Waals surface area contributed by atoms with Gasteiger partial charge in [-0.25, -0.2) is 9.79 Å². The molecule has 0 N–H and O–H groups in total. The van der Waals surface area contributed by atoms with E-state index in [1.165, 1.54) is 23.0 Å². The van der Waals surface area contributed by atoms with Crippen molar-refractivity contribution in [2.24, 2.45) is 4.99 Å². The highest BCUT2D eigenvalue weighted by Crippen LogP contribution is 2.38. The zero-order valence-corrected chi connectivity index (χ0v) is 22.3. The second-order valence-electron chi connectivity index (χ2n) is 8.02. The van der Waals surface area contributed by atoms with E-state index in [0.717, 1.165) is 5.56 Å². The number of fused-ring (bicyclic) bond motifs is 1. The van der Waals surface area contributed by atoms with Gasteiger partial charge < -0.3 is 23.7 Å². The molecule has 0 fully saturated rings. The maximum absolute atomic E-state index is 13.8. The Hall–Kier alpha value is -4.05. The summed E-state index contributed by atoms with van der Waals surface area (Å²) in [5.41, 5.74) is 1.76. The predicted molar refractivity (Wildman–Crippen MR) is 139 cm³/mol. The van der Waals surface area contributed by atoms with Crippen LogP contribution in [0.2, 0.25) is 0 Å². The highest BCUT2D eigenvalue weighted by molar-refractivity contribution is 7.07. The molecular weight excluding hydrogens is 496 g/mol. The van der Waals surface area contributed by atoms with Gasteiger partial charge in [0.2, 0.25) is 0 Å². The Morgan fingerprint density at radius 2 is 1.70 bits per heavy atom. The van der Waals surface area contributed by atoms with Crippen LogP contribution in [0.1, 0.15) is 31.0 Å². The first kappa shape index (κ1) is 26.0. The van der Waals surface area contributed by atoms with Crippen LogP contribution in [0.5, 0.6) is 23.0 Å². The van der Waals surface area contributed by atoms with E-state index in [-0.39, 0.29) is 17.7 Å². The number of carbonyl (C=O) groups is 1. The van der Waals surface area contributed by atoms with Crippen LogP contribution in [0.15, 0.2) is 57.5 Å². The smallest absolute Gasteiger partial charge is 0.338 e. The van der Waals surface area contributed by atoms with Gasteiger partial charge in [0, 0.05) is 5.56 Å². The van der Waals surface area contributed by atoms with Crippen LogP contribution in [0.4, 0.5) is 0 Å². The van der Waals surface area contributed by atoms with Crippen molar-refractivity contribution in [2.75, 3.05) is 35.0 Å². The molecule has 0 bridgehead atoms. The summed E-state index contributed by atoms with van der Waals surface area (Å²) in [6.07, 6.45) is 1.76. The highest BCUT2D eigenvalue weighted by Gasteiger charge is 2.35. The van der Waals surface area contributed by atoms with Crippen LogP contribution in [0.3, 0.4) is 0 Å². The van der Waals surface area contributed by atoms with E-state index < -0.39 is 12.0 Å². The molecule has 4 rings (SSSR count). The molecule has 0 saturated heterocycles. The molecule has 0 aliphatic carbocycles. The van der Waals surface area contributed by atoms with Gasteiger partial charge in [0.25, 0.3) is 5.56 Å². The average molecular weight is 525 g/mol. The molecule has 1 atom stereocenters. The Bertz CT molecular complexity index is 1550. The Kier molecular flexibility index (Phi) is 7.68. The molecule has 0 saturated carbocycles. The van der Waals surface area contributed by atoms with Crippen molar-refractivity contribution in [1.29, 1.82) is 0 Å². The second kappa shape index (κ2) is 10.9. The number of hydrogen-bond acceptors (Lipinski definition) is 9. The van der Waals surface area contributed by atoms with Crippen LogP contribution in [-0.2, 0) is 9.53 Å². The van der Waals surface area contributed by atoms with Crippen molar-refractivity contribution in [3.63, 3.8) is 0 Å². The first-order valence-electron chi connectivity index (χ1n) is 11.5. The molecule has 0 amide bonds. The first-order valence-corrected chi connectivity index (χ1v) is 12.3. The van der Waals surface area contributed by atoms with E-state index >= 15 is 0 Å². The van der Waals surface area contributed by atoms with E-state index in [4.69, 9.17) is 23.7 Å². The Morgan fingerprint density at radius 1 is 1.00 bits per heavy atom. The van der Waals surface area contributed by atoms with Crippen molar-refractivity contribution in [1.82, 2.24) is 4.57 Å². The van der Waals surface area contributed by atoms with Gasteiger partial charge >= 0.3 is 5.97 Å². The van der Waals surface area contributed by atoms with Crippen LogP contribution in [0.25, 0.3) is 6.08 Å². The quantitative estimate of drug-likeness (QED) is 0.418. The Balaban J connectivity index is 1.99. The van der Waals surface area contributed by atoms with Gasteiger partial charge in [-0.3, -0.25) is 9.36 Å². The lowest BCUT2D eigenvalue weighted by atomic mass is 9.94. The van der Waals surface area contributed by atoms with Gasteiger partial charge in [-0.1, -0.05) is 17.4 Å². The zero-order chi connectivity index (χ0) is 26.7. The summed E-state index contributed by atoms with van der Waals surface area (Å²) in [6, 6.07) is 9.82. The normalized spacial score (nSPS) is 15.1. The maximum atomic E-state index is 13.8. The maximum Gasteiger partial charge on any atom is 0.338 e. The number of nitrogens with zero attached hydrogens (tertiary/aromatic N) is 2. The SMILES string of the molecule is CCOC(=O)C1=C(C)N=c2s/c(=C\c3ccc(OC)c(OC)c3)c(=O)n2[C@@H]1c1cc(OC)ccc1OC. The molecule has 1 aliphatic rings. The number of hydrogen-bond donors (Lipinski definition) is 0. The number of carbonyl (C=O) groups excluding carboxylic acids is 1. The van der Waals surface area contributed by atoms with Crippen molar-refractivity contribution in [3.05, 3.63) is 78.5 Å². The number of rotatable bonds is 8. The second-order valence-corrected chi connectivity index (χ2v) is 9.03. The predicted octanol–water partition coefficient (Wildman–Crippen LogP) is 2.83. The number of benzene rings is 2. The number of aromatic nitrogens is 1. The van der Waals surface area contributed by atoms with Crippen molar-refractivity contribution < 1.29 is 28.5 Å². The van der Waals surface area contributed by atoms with Crippen molar-refractivity contribution >= 4 is 23.4 Å². The van der Waals surface area contributed by atoms with E-state index in [9.17, 15) is 9.59 Å². The molecule has 194 valence electrons. The molecule has 37 heavy (non-hydrogen) atoms. The third-order valence-electron chi connectivity index (χ3n) is 5.95. The Morgan fingerprint density at radius 3 is 2.35 bits per heavy atom. The minimum atomic E-state index is -0.826. The molecule has 1 aromatic heterocycles. The number of ether oxygens (including phenoxy) is 5. The number of allylic oxidation sites excluding steroid dienone is 1. The number of methoxy groups -OCH3 is 4. The van der Waals surface area contributed by atoms with E-state index in [1.54, 1.807) is 71.6 Å². The van der Waals surface area contributed by atoms with Crippen LogP contribution in [-0.4, -0.2) is 45.6 Å². The number of esters is 1. The molecular formula is C27H28N2O7S. The summed E-state index contributed by atoms with van der Waals surface area (Å²) in [7, 11) is 6.20. The van der Waals surface area contributed by atoms with Gasteiger partial charge in [-0.05, 0) is 55.8 Å². The van der Waals surface area contributed by atoms with Crippen LogP contribution in [0, 0.1) is 0 Å². The topological polar surface area (TPSA) is 97.6 Å². The standard InChI is InChI=1S/C27H28N2O7S/c1-7-36-26(31)23-15(2)28-27-29(24(23)18-14-17(32-3)9-11-19(18)33-4)25(30)22(37-27)13-16-8-10-20(34-5)21(12-16)35-6/h8-14,24H,7H2,1-6H3/b22-13-/t24-/m1/s1. The molecule has 2 heterocycles. The fraction of sp³-hybridized carbons (Fsp3) is 0.296. The summed E-state index contributed by atoms with van der Waals surface area (Å²) in [4.78, 5) is 32.1. The fourth-order valence-electron chi connectivity index (χ4n) is 4.23. The van der Waals surface area contributed by atoms with Gasteiger partial charge in [0.15, 0.2) is 16.3 Å². The summed E-state index contributed by atoms with van der Waals surface area (Å²) in [5.74, 6) is 1.63. The van der Waals surface area contributed by atoms with Crippen molar-refractivity contribution in [3.8, 4) is 23.0 Å². The first-order chi connectivity index (χ1) is 17.9. The van der Waals surface area contributed by atoms with Gasteiger partial charge in [-0.15, -0.1) is 0 Å². The number of thiazole rings is 1. The fourth-order valence-corrected chi connectivity index (χ4v) is 5.28. The van der Waals surface area contributed by atoms with Crippen LogP contribution >= 0.6 is 11.3 Å². The zero-order valence-electron chi connectivity index (χ0n) is 21.5. The lowest BCUT2D eigenvalue weighted by Crippen LogP contribution is -2.40. The minimum Gasteiger partial charge on any atom is -0.497 e. The lowest BCUT2D eigenvalue weighted by Gasteiger charge is -2.26. The molecule has 0 radical (unpaired) electrons. The van der Waals surface area contributed by atoms with E-state index in [1.807, 2.05) is 6.07 Å². The summed E-state index contributed by atoms with van der Waals surface area (Å²) in [5, 5.41) is 0. The Labute approximate surface area is 217 Å². The molecule has 0 unspecified atom stereocenters. The summed E-state index contributed by atoms with van der Waals surface area (Å²) in [6.45, 7) is 3.64. The highest BCUT2D eigenvalue weighted by atomic mass is 32.1. The van der Waals surface area contributed by atoms with Crippen molar-refractivity contribution in [2.45, 2.75) is 19.9 Å². The molecule has 0 spiro atoms. The molecule has 9 nitrogen and oxygen atoms in total. The third-order valence-corrected chi connectivity index (χ3v) is 6.94. The van der Waals surface area contributed by atoms with Gasteiger partial charge in [0.1, 0.15) is 17.5 Å². The summed E-state index contributed by atoms with van der Waals surface area (Å²) < 4.78 is 29.1. The largest absolute Gasteiger partial charge is 0.497 e. The van der Waals surface area contributed by atoms with E-state index in [2.05, 4.69) is 4.99 Å². The molecule has 10 heteroatoms. The third kappa shape index (κ3) is 4.84. The summed E-state index contributed by atoms with van der Waals surface area (Å²) >= 11 is 1.23. The monoisotopic (exact) mass is 524 g/mol. The minimum absolute atomic E-state index is 0.182. The molecule has 3 aromatic rings. The molecule has 1 aliphatic heterocycles. The lowest BCUT2D eigenvalue weighted by molar-refractivity contribution is -0.139. The average Bonchev–Trinajstić information content (AvgIpc) is 3.21. The van der Waals surface area contributed by atoms with Crippen LogP contribution < -0.4 is 33.8 Å².